The van der Waals surface area contributed by atoms with E-state index in [4.69, 9.17) is 4.84 Å². The van der Waals surface area contributed by atoms with Crippen LogP contribution in [0.2, 0.25) is 0 Å². The Balaban J connectivity index is 2.33. The molecule has 0 atom stereocenters. The Bertz CT molecular complexity index is 498. The summed E-state index contributed by atoms with van der Waals surface area (Å²) in [6.45, 7) is 0.322. The van der Waals surface area contributed by atoms with E-state index in [0.29, 0.717) is 12.3 Å². The second kappa shape index (κ2) is 5.80. The van der Waals surface area contributed by atoms with Crippen molar-refractivity contribution in [1.29, 1.82) is 0 Å². The summed E-state index contributed by atoms with van der Waals surface area (Å²) in [5, 5.41) is 1.81. The normalized spacial score (nSPS) is 16.5. The fraction of sp³-hybridized carbons (Fsp3) is 0.364. The molecule has 1 saturated heterocycles. The number of thioether (sulfide) groups is 1. The minimum Gasteiger partial charge on any atom is -0.403 e. The van der Waals surface area contributed by atoms with Crippen LogP contribution in [0.3, 0.4) is 0 Å². The molecule has 110 valence electrons. The van der Waals surface area contributed by atoms with Gasteiger partial charge in [-0.1, -0.05) is 23.9 Å². The molecular formula is C11H11F3N2O3S. The first-order valence-corrected chi connectivity index (χ1v) is 6.54. The van der Waals surface area contributed by atoms with Crippen molar-refractivity contribution in [1.82, 2.24) is 5.17 Å². The topological polar surface area (TPSA) is 42.0 Å². The van der Waals surface area contributed by atoms with E-state index in [2.05, 4.69) is 4.74 Å². The van der Waals surface area contributed by atoms with E-state index < -0.39 is 11.6 Å². The van der Waals surface area contributed by atoms with E-state index >= 15 is 0 Å². The highest BCUT2D eigenvalue weighted by Crippen LogP contribution is 2.35. The number of para-hydroxylation sites is 2. The van der Waals surface area contributed by atoms with Crippen LogP contribution in [0.15, 0.2) is 24.3 Å². The number of anilines is 1. The van der Waals surface area contributed by atoms with Crippen LogP contribution in [0, 0.1) is 0 Å². The number of ether oxygens (including phenoxy) is 1. The molecule has 1 amide bonds. The fourth-order valence-corrected chi connectivity index (χ4v) is 2.46. The van der Waals surface area contributed by atoms with Crippen LogP contribution in [0.5, 0.6) is 5.75 Å². The van der Waals surface area contributed by atoms with E-state index in [1.165, 1.54) is 30.3 Å². The van der Waals surface area contributed by atoms with Crippen LogP contribution in [0.25, 0.3) is 0 Å². The first-order chi connectivity index (χ1) is 9.42. The highest BCUT2D eigenvalue weighted by Gasteiger charge is 2.35. The molecule has 5 nitrogen and oxygen atoms in total. The summed E-state index contributed by atoms with van der Waals surface area (Å²) in [4.78, 5) is 16.6. The Labute approximate surface area is 117 Å². The molecule has 0 spiro atoms. The maximum absolute atomic E-state index is 12.4. The van der Waals surface area contributed by atoms with Crippen molar-refractivity contribution >= 4 is 22.7 Å². The number of carbonyl (C=O) groups excluding carboxylic acids is 1. The van der Waals surface area contributed by atoms with Gasteiger partial charge in [0.1, 0.15) is 5.69 Å². The largest absolute Gasteiger partial charge is 0.573 e. The number of amides is 1. The molecule has 0 saturated carbocycles. The molecule has 2 rings (SSSR count). The Morgan fingerprint density at radius 2 is 2.00 bits per heavy atom. The average molecular weight is 308 g/mol. The molecular weight excluding hydrogens is 297 g/mol. The van der Waals surface area contributed by atoms with Gasteiger partial charge in [0.15, 0.2) is 5.75 Å². The quantitative estimate of drug-likeness (QED) is 0.858. The van der Waals surface area contributed by atoms with E-state index in [9.17, 15) is 18.0 Å². The average Bonchev–Trinajstić information content (AvgIpc) is 2.37. The van der Waals surface area contributed by atoms with Gasteiger partial charge in [-0.25, -0.2) is 0 Å². The SMILES string of the molecule is CON1C(=O)SCCN1c1ccccc1OC(F)(F)F. The molecule has 9 heteroatoms. The minimum atomic E-state index is -4.80. The Hall–Kier alpha value is -1.61. The standard InChI is InChI=1S/C11H11F3N2O3S/c1-18-16-10(17)20-7-6-15(16)8-4-2-3-5-9(8)19-11(12,13)14/h2-5H,6-7H2,1H3. The van der Waals surface area contributed by atoms with Gasteiger partial charge in [-0.3, -0.25) is 14.6 Å². The molecule has 20 heavy (non-hydrogen) atoms. The Morgan fingerprint density at radius 1 is 1.30 bits per heavy atom. The minimum absolute atomic E-state index is 0.111. The van der Waals surface area contributed by atoms with Crippen molar-refractivity contribution in [3.63, 3.8) is 0 Å². The van der Waals surface area contributed by atoms with Gasteiger partial charge in [-0.15, -0.1) is 18.3 Å². The van der Waals surface area contributed by atoms with E-state index in [0.717, 1.165) is 16.9 Å². The second-order valence-electron chi connectivity index (χ2n) is 3.71. The van der Waals surface area contributed by atoms with Crippen LogP contribution in [0.1, 0.15) is 0 Å². The zero-order valence-corrected chi connectivity index (χ0v) is 11.2. The number of halogens is 3. The van der Waals surface area contributed by atoms with Crippen LogP contribution >= 0.6 is 11.8 Å². The molecule has 0 aliphatic carbocycles. The molecule has 0 N–H and O–H groups in total. The monoisotopic (exact) mass is 308 g/mol. The zero-order valence-electron chi connectivity index (χ0n) is 10.4. The Kier molecular flexibility index (Phi) is 4.29. The predicted molar refractivity (Wildman–Crippen MR) is 67.2 cm³/mol. The van der Waals surface area contributed by atoms with Gasteiger partial charge < -0.3 is 4.74 Å². The van der Waals surface area contributed by atoms with Crippen LogP contribution in [-0.2, 0) is 4.84 Å². The number of hydrazine groups is 1. The lowest BCUT2D eigenvalue weighted by molar-refractivity contribution is -0.274. The lowest BCUT2D eigenvalue weighted by Crippen LogP contribution is -2.49. The first kappa shape index (κ1) is 14.8. The fourth-order valence-electron chi connectivity index (χ4n) is 1.74. The summed E-state index contributed by atoms with van der Waals surface area (Å²) in [6, 6.07) is 5.58. The number of alkyl halides is 3. The summed E-state index contributed by atoms with van der Waals surface area (Å²) in [5.41, 5.74) is 0.111. The third kappa shape index (κ3) is 3.28. The molecule has 1 aromatic rings. The van der Waals surface area contributed by atoms with Gasteiger partial charge in [0.05, 0.1) is 13.7 Å². The molecule has 1 aliphatic rings. The van der Waals surface area contributed by atoms with Gasteiger partial charge in [0.2, 0.25) is 0 Å². The van der Waals surface area contributed by atoms with Crippen LogP contribution < -0.4 is 9.75 Å². The molecule has 1 fully saturated rings. The third-order valence-electron chi connectivity index (χ3n) is 2.45. The number of nitrogens with zero attached hydrogens (tertiary/aromatic N) is 2. The number of rotatable bonds is 3. The molecule has 0 aromatic heterocycles. The number of hydrogen-bond acceptors (Lipinski definition) is 5. The Morgan fingerprint density at radius 3 is 2.65 bits per heavy atom. The number of carbonyl (C=O) groups is 1. The second-order valence-corrected chi connectivity index (χ2v) is 4.75. The van der Waals surface area contributed by atoms with Gasteiger partial charge >= 0.3 is 11.6 Å². The van der Waals surface area contributed by atoms with Crippen molar-refractivity contribution in [3.8, 4) is 5.75 Å². The van der Waals surface area contributed by atoms with Crippen LogP contribution in [-0.4, -0.2) is 36.2 Å². The molecule has 0 unspecified atom stereocenters. The highest BCUT2D eigenvalue weighted by atomic mass is 32.2. The predicted octanol–water partition coefficient (Wildman–Crippen LogP) is 3.04. The zero-order chi connectivity index (χ0) is 14.8. The van der Waals surface area contributed by atoms with Gasteiger partial charge in [-0.2, -0.15) is 0 Å². The van der Waals surface area contributed by atoms with Crippen molar-refractivity contribution < 1.29 is 27.5 Å². The maximum Gasteiger partial charge on any atom is 0.573 e. The van der Waals surface area contributed by atoms with Crippen molar-refractivity contribution in [2.45, 2.75) is 6.36 Å². The summed E-state index contributed by atoms with van der Waals surface area (Å²) in [7, 11) is 1.27. The first-order valence-electron chi connectivity index (χ1n) is 5.55. The molecule has 1 aromatic carbocycles. The number of hydrogen-bond donors (Lipinski definition) is 0. The van der Waals surface area contributed by atoms with Crippen LogP contribution in [0.4, 0.5) is 23.7 Å². The van der Waals surface area contributed by atoms with Crippen molar-refractivity contribution in [3.05, 3.63) is 24.3 Å². The molecule has 1 heterocycles. The third-order valence-corrected chi connectivity index (χ3v) is 3.24. The molecule has 0 radical (unpaired) electrons. The number of hydroxylamine groups is 1. The summed E-state index contributed by atoms with van der Waals surface area (Å²) in [5.74, 6) is 0.0562. The maximum atomic E-state index is 12.4. The summed E-state index contributed by atoms with van der Waals surface area (Å²) < 4.78 is 41.1. The summed E-state index contributed by atoms with van der Waals surface area (Å²) in [6.07, 6.45) is -4.80. The van der Waals surface area contributed by atoms with Crippen molar-refractivity contribution in [2.24, 2.45) is 0 Å². The highest BCUT2D eigenvalue weighted by molar-refractivity contribution is 8.13. The van der Waals surface area contributed by atoms with E-state index in [1.54, 1.807) is 6.07 Å². The van der Waals surface area contributed by atoms with Gasteiger partial charge in [0, 0.05) is 5.75 Å². The molecule has 0 bridgehead atoms. The van der Waals surface area contributed by atoms with Gasteiger partial charge in [0.25, 0.3) is 0 Å². The lowest BCUT2D eigenvalue weighted by atomic mass is 10.3. The molecule has 1 aliphatic heterocycles. The van der Waals surface area contributed by atoms with Crippen molar-refractivity contribution in [2.75, 3.05) is 24.4 Å². The van der Waals surface area contributed by atoms with Gasteiger partial charge in [-0.05, 0) is 12.1 Å². The smallest absolute Gasteiger partial charge is 0.403 e. The van der Waals surface area contributed by atoms with E-state index in [-0.39, 0.29) is 11.4 Å². The number of benzene rings is 1. The lowest BCUT2D eigenvalue weighted by Gasteiger charge is -2.37. The summed E-state index contributed by atoms with van der Waals surface area (Å²) >= 11 is 1.03. The van der Waals surface area contributed by atoms with E-state index in [1.807, 2.05) is 0 Å².